The first-order chi connectivity index (χ1) is 14.2. The van der Waals surface area contributed by atoms with Crippen molar-refractivity contribution in [1.29, 1.82) is 5.26 Å². The lowest BCUT2D eigenvalue weighted by Gasteiger charge is -2.08. The lowest BCUT2D eigenvalue weighted by atomic mass is 10.0. The molecule has 29 heavy (non-hydrogen) atoms. The Hall–Kier alpha value is -3.39. The fraction of sp³-hybridized carbons (Fsp3) is 0.292. The van der Waals surface area contributed by atoms with E-state index in [9.17, 15) is 0 Å². The number of hydrogen-bond donors (Lipinski definition) is 0. The smallest absolute Gasteiger partial charge is 0.123 e. The Labute approximate surface area is 170 Å². The number of ether oxygens (including phenoxy) is 1. The second kappa shape index (κ2) is 7.56. The largest absolute Gasteiger partial charge is 0.496 e. The van der Waals surface area contributed by atoms with Gasteiger partial charge in [-0.15, -0.1) is 0 Å². The number of nitrogens with zero attached hydrogens (tertiary/aromatic N) is 4. The molecule has 5 nitrogen and oxygen atoms in total. The molecule has 0 bridgehead atoms. The van der Waals surface area contributed by atoms with E-state index in [2.05, 4.69) is 21.8 Å². The van der Waals surface area contributed by atoms with Crippen molar-refractivity contribution in [3.05, 3.63) is 53.7 Å². The van der Waals surface area contributed by atoms with Gasteiger partial charge in [-0.1, -0.05) is 26.0 Å². The van der Waals surface area contributed by atoms with Crippen LogP contribution in [0.25, 0.3) is 33.1 Å². The summed E-state index contributed by atoms with van der Waals surface area (Å²) in [6.45, 7) is 6.05. The fourth-order valence-corrected chi connectivity index (χ4v) is 3.67. The lowest BCUT2D eigenvalue weighted by molar-refractivity contribution is 0.412. The van der Waals surface area contributed by atoms with Gasteiger partial charge in [0.1, 0.15) is 11.4 Å². The molecule has 0 saturated heterocycles. The van der Waals surface area contributed by atoms with Crippen molar-refractivity contribution < 1.29 is 4.74 Å². The summed E-state index contributed by atoms with van der Waals surface area (Å²) in [4.78, 5) is 4.68. The number of nitriles is 1. The predicted octanol–water partition coefficient (Wildman–Crippen LogP) is 5.80. The van der Waals surface area contributed by atoms with E-state index in [-0.39, 0.29) is 0 Å². The topological polar surface area (TPSA) is 63.7 Å². The molecule has 0 spiro atoms. The Balaban J connectivity index is 0.000000994. The molecule has 1 aliphatic rings. The van der Waals surface area contributed by atoms with Gasteiger partial charge in [-0.2, -0.15) is 10.4 Å². The van der Waals surface area contributed by atoms with Crippen molar-refractivity contribution in [2.45, 2.75) is 39.7 Å². The van der Waals surface area contributed by atoms with Crippen molar-refractivity contribution >= 4 is 21.8 Å². The number of benzene rings is 2. The maximum Gasteiger partial charge on any atom is 0.123 e. The van der Waals surface area contributed by atoms with Gasteiger partial charge in [-0.05, 0) is 43.5 Å². The summed E-state index contributed by atoms with van der Waals surface area (Å²) in [7, 11) is 1.68. The molecule has 1 aliphatic carbocycles. The SMILES string of the molecule is CC.COc1cc2ncc3c(c(-c4ccc(C#N)cc4)nn3C3CC3)c2cc1C. The third-order valence-electron chi connectivity index (χ3n) is 5.24. The molecule has 5 heteroatoms. The number of hydrogen-bond acceptors (Lipinski definition) is 4. The van der Waals surface area contributed by atoms with Crippen molar-refractivity contribution in [2.24, 2.45) is 0 Å². The highest BCUT2D eigenvalue weighted by molar-refractivity contribution is 6.11. The molecule has 0 atom stereocenters. The molecule has 2 aromatic heterocycles. The van der Waals surface area contributed by atoms with Crippen LogP contribution in [0.5, 0.6) is 5.75 Å². The minimum absolute atomic E-state index is 0.457. The summed E-state index contributed by atoms with van der Waals surface area (Å²) in [5.41, 5.74) is 5.64. The zero-order valence-electron chi connectivity index (χ0n) is 17.2. The van der Waals surface area contributed by atoms with Gasteiger partial charge >= 0.3 is 0 Å². The lowest BCUT2D eigenvalue weighted by Crippen LogP contribution is -1.96. The van der Waals surface area contributed by atoms with E-state index in [0.29, 0.717) is 11.6 Å². The summed E-state index contributed by atoms with van der Waals surface area (Å²) in [6, 6.07) is 14.4. The first-order valence-electron chi connectivity index (χ1n) is 10.1. The van der Waals surface area contributed by atoms with Gasteiger partial charge in [0.05, 0.1) is 42.0 Å². The fourth-order valence-electron chi connectivity index (χ4n) is 3.67. The van der Waals surface area contributed by atoms with E-state index in [1.54, 1.807) is 7.11 Å². The molecule has 0 amide bonds. The normalized spacial score (nSPS) is 13.1. The van der Waals surface area contributed by atoms with Crippen LogP contribution in [0.2, 0.25) is 0 Å². The Bertz CT molecular complexity index is 1230. The summed E-state index contributed by atoms with van der Waals surface area (Å²) in [5, 5.41) is 16.2. The van der Waals surface area contributed by atoms with Gasteiger partial charge in [-0.3, -0.25) is 9.67 Å². The molecule has 4 aromatic rings. The van der Waals surface area contributed by atoms with Gasteiger partial charge in [0, 0.05) is 22.4 Å². The molecule has 1 fully saturated rings. The first kappa shape index (κ1) is 18.9. The molecule has 1 saturated carbocycles. The molecule has 0 radical (unpaired) electrons. The second-order valence-electron chi connectivity index (χ2n) is 7.07. The molecule has 2 aromatic carbocycles. The highest BCUT2D eigenvalue weighted by atomic mass is 16.5. The summed E-state index contributed by atoms with van der Waals surface area (Å²) in [6.07, 6.45) is 4.23. The van der Waals surface area contributed by atoms with Crippen LogP contribution in [0.15, 0.2) is 42.6 Å². The van der Waals surface area contributed by atoms with Crippen molar-refractivity contribution in [3.63, 3.8) is 0 Å². The number of pyridine rings is 1. The highest BCUT2D eigenvalue weighted by Gasteiger charge is 2.28. The van der Waals surface area contributed by atoms with Gasteiger partial charge in [0.2, 0.25) is 0 Å². The molecule has 0 unspecified atom stereocenters. The number of aromatic nitrogens is 3. The maximum absolute atomic E-state index is 9.09. The number of aryl methyl sites for hydroxylation is 1. The van der Waals surface area contributed by atoms with Gasteiger partial charge in [-0.25, -0.2) is 0 Å². The van der Waals surface area contributed by atoms with E-state index in [4.69, 9.17) is 15.1 Å². The van der Waals surface area contributed by atoms with Crippen molar-refractivity contribution in [1.82, 2.24) is 14.8 Å². The van der Waals surface area contributed by atoms with Crippen LogP contribution in [0.3, 0.4) is 0 Å². The van der Waals surface area contributed by atoms with Crippen molar-refractivity contribution in [3.8, 4) is 23.1 Å². The minimum atomic E-state index is 0.457. The molecule has 146 valence electrons. The molecule has 2 heterocycles. The van der Waals surface area contributed by atoms with E-state index in [1.807, 2.05) is 57.3 Å². The Morgan fingerprint density at radius 1 is 1.14 bits per heavy atom. The monoisotopic (exact) mass is 384 g/mol. The summed E-state index contributed by atoms with van der Waals surface area (Å²) in [5.74, 6) is 0.837. The number of methoxy groups -OCH3 is 1. The first-order valence-corrected chi connectivity index (χ1v) is 10.1. The molecule has 5 rings (SSSR count). The van der Waals surface area contributed by atoms with Crippen LogP contribution in [0.1, 0.15) is 43.9 Å². The van der Waals surface area contributed by atoms with Gasteiger partial charge in [0.15, 0.2) is 0 Å². The number of fused-ring (bicyclic) bond motifs is 3. The molecular formula is C24H24N4O. The Morgan fingerprint density at radius 3 is 2.48 bits per heavy atom. The predicted molar refractivity (Wildman–Crippen MR) is 116 cm³/mol. The van der Waals surface area contributed by atoms with Crippen LogP contribution in [0, 0.1) is 18.3 Å². The summed E-state index contributed by atoms with van der Waals surface area (Å²) < 4.78 is 7.59. The highest BCUT2D eigenvalue weighted by Crippen LogP contribution is 2.42. The zero-order chi connectivity index (χ0) is 20.5. The second-order valence-corrected chi connectivity index (χ2v) is 7.07. The van der Waals surface area contributed by atoms with E-state index in [0.717, 1.165) is 57.2 Å². The Morgan fingerprint density at radius 2 is 1.86 bits per heavy atom. The quantitative estimate of drug-likeness (QED) is 0.448. The van der Waals surface area contributed by atoms with Crippen LogP contribution < -0.4 is 4.74 Å². The molecule has 0 N–H and O–H groups in total. The van der Waals surface area contributed by atoms with Crippen LogP contribution in [0.4, 0.5) is 0 Å². The zero-order valence-corrected chi connectivity index (χ0v) is 17.2. The van der Waals surface area contributed by atoms with E-state index in [1.165, 1.54) is 0 Å². The standard InChI is InChI=1S/C22H18N4O.C2H6/c1-13-9-17-18(10-20(13)27-2)24-12-19-21(17)22(25-26(19)16-7-8-16)15-5-3-14(11-23)4-6-15;1-2/h3-6,9-10,12,16H,7-8H2,1-2H3;1-2H3. The average Bonchev–Trinajstić information content (AvgIpc) is 3.54. The Kier molecular flexibility index (Phi) is 4.94. The van der Waals surface area contributed by atoms with Gasteiger partial charge < -0.3 is 4.74 Å². The van der Waals surface area contributed by atoms with Gasteiger partial charge in [0.25, 0.3) is 0 Å². The third-order valence-corrected chi connectivity index (χ3v) is 5.24. The maximum atomic E-state index is 9.09. The molecule has 0 aliphatic heterocycles. The average molecular weight is 384 g/mol. The summed E-state index contributed by atoms with van der Waals surface area (Å²) >= 11 is 0. The van der Waals surface area contributed by atoms with Crippen LogP contribution >= 0.6 is 0 Å². The number of rotatable bonds is 3. The third kappa shape index (κ3) is 3.21. The van der Waals surface area contributed by atoms with Crippen LogP contribution in [-0.2, 0) is 0 Å². The van der Waals surface area contributed by atoms with Crippen molar-refractivity contribution in [2.75, 3.05) is 7.11 Å². The minimum Gasteiger partial charge on any atom is -0.496 e. The molecular weight excluding hydrogens is 360 g/mol. The van der Waals surface area contributed by atoms with E-state index < -0.39 is 0 Å². The van der Waals surface area contributed by atoms with E-state index >= 15 is 0 Å². The van der Waals surface area contributed by atoms with Crippen LogP contribution in [-0.4, -0.2) is 21.9 Å².